The van der Waals surface area contributed by atoms with E-state index >= 15 is 4.39 Å². The quantitative estimate of drug-likeness (QED) is 0.423. The minimum atomic E-state index is -0.691. The fourth-order valence-electron chi connectivity index (χ4n) is 4.38. The maximum atomic E-state index is 15.1. The van der Waals surface area contributed by atoms with E-state index in [0.717, 1.165) is 5.56 Å². The number of halogens is 3. The smallest absolute Gasteiger partial charge is 0.226 e. The van der Waals surface area contributed by atoms with E-state index in [4.69, 9.17) is 16.3 Å². The summed E-state index contributed by atoms with van der Waals surface area (Å²) in [4.78, 5) is 4.31. The van der Waals surface area contributed by atoms with E-state index < -0.39 is 12.1 Å². The predicted octanol–water partition coefficient (Wildman–Crippen LogP) is 5.77. The summed E-state index contributed by atoms with van der Waals surface area (Å²) >= 11 is 6.29. The zero-order valence-corrected chi connectivity index (χ0v) is 17.2. The highest BCUT2D eigenvalue weighted by atomic mass is 35.5. The van der Waals surface area contributed by atoms with Crippen LogP contribution in [0.15, 0.2) is 78.6 Å². The molecular weight excluding hydrogens is 434 g/mol. The molecule has 1 N–H and O–H groups in total. The van der Waals surface area contributed by atoms with Crippen LogP contribution >= 0.6 is 11.6 Å². The van der Waals surface area contributed by atoms with Crippen LogP contribution in [0.5, 0.6) is 5.75 Å². The van der Waals surface area contributed by atoms with Gasteiger partial charge in [-0.2, -0.15) is 10.1 Å². The van der Waals surface area contributed by atoms with Crippen LogP contribution in [0.25, 0.3) is 5.70 Å². The topological polar surface area (TPSA) is 52.0 Å². The number of fused-ring (bicyclic) bond motifs is 3. The first-order chi connectivity index (χ1) is 15.6. The molecule has 32 heavy (non-hydrogen) atoms. The lowest BCUT2D eigenvalue weighted by Gasteiger charge is -2.39. The number of hydrogen-bond acceptors (Lipinski definition) is 4. The molecule has 6 rings (SSSR count). The molecule has 158 valence electrons. The second-order valence-corrected chi connectivity index (χ2v) is 8.04. The van der Waals surface area contributed by atoms with E-state index in [1.807, 2.05) is 0 Å². The van der Waals surface area contributed by atoms with Crippen LogP contribution < -0.4 is 10.1 Å². The Hall–Kier alpha value is -3.71. The fraction of sp³-hybridized carbons (Fsp3) is 0.0833. The first-order valence-electron chi connectivity index (χ1n) is 9.97. The first-order valence-corrected chi connectivity index (χ1v) is 10.3. The van der Waals surface area contributed by atoms with Crippen molar-refractivity contribution in [3.8, 4) is 5.75 Å². The Labute approximate surface area is 186 Å². The second-order valence-electron chi connectivity index (χ2n) is 7.60. The summed E-state index contributed by atoms with van der Waals surface area (Å²) in [7, 11) is 0. The average molecular weight is 449 g/mol. The third-order valence-electron chi connectivity index (χ3n) is 5.73. The van der Waals surface area contributed by atoms with Crippen molar-refractivity contribution in [3.05, 3.63) is 112 Å². The number of aromatic nitrogens is 3. The number of ether oxygens (including phenoxy) is 1. The third-order valence-corrected chi connectivity index (χ3v) is 5.96. The zero-order chi connectivity index (χ0) is 21.8. The molecule has 0 unspecified atom stereocenters. The molecule has 0 radical (unpaired) electrons. The molecule has 0 amide bonds. The summed E-state index contributed by atoms with van der Waals surface area (Å²) in [5.74, 6) is 0.267. The van der Waals surface area contributed by atoms with Gasteiger partial charge in [-0.15, -0.1) is 0 Å². The van der Waals surface area contributed by atoms with Crippen molar-refractivity contribution in [1.29, 1.82) is 0 Å². The van der Waals surface area contributed by atoms with Crippen molar-refractivity contribution in [2.45, 2.75) is 12.1 Å². The number of nitrogens with zero attached hydrogens (tertiary/aromatic N) is 3. The molecule has 5 nitrogen and oxygen atoms in total. The standard InChI is InChI=1S/C24H15ClF2N4O/c25-14-8-9-19-17(11-14)21-20(23(32-19)13-4-3-5-15(26)10-13)22(16-6-1-2-7-18(16)27)31-24(30-21)28-12-29-31/h1-12,22-23H,(H,28,29,30)/t22-,23+/m1/s1. The molecule has 2 aliphatic rings. The first kappa shape index (κ1) is 19.0. The van der Waals surface area contributed by atoms with Gasteiger partial charge in [0.2, 0.25) is 5.95 Å². The molecule has 8 heteroatoms. The Kier molecular flexibility index (Phi) is 4.26. The van der Waals surface area contributed by atoms with Gasteiger partial charge in [-0.05, 0) is 42.0 Å². The van der Waals surface area contributed by atoms with Crippen LogP contribution in [0.2, 0.25) is 5.02 Å². The van der Waals surface area contributed by atoms with Crippen molar-refractivity contribution >= 4 is 23.2 Å². The summed E-state index contributed by atoms with van der Waals surface area (Å²) < 4.78 is 37.2. The van der Waals surface area contributed by atoms with Gasteiger partial charge in [0.1, 0.15) is 35.9 Å². The van der Waals surface area contributed by atoms with E-state index in [1.165, 1.54) is 24.5 Å². The van der Waals surface area contributed by atoms with E-state index in [2.05, 4.69) is 15.4 Å². The Morgan fingerprint density at radius 1 is 1.00 bits per heavy atom. The number of nitrogens with one attached hydrogen (secondary N) is 1. The maximum absolute atomic E-state index is 15.1. The van der Waals surface area contributed by atoms with Gasteiger partial charge in [-0.1, -0.05) is 41.9 Å². The van der Waals surface area contributed by atoms with Crippen LogP contribution in [0.1, 0.15) is 28.8 Å². The van der Waals surface area contributed by atoms with Crippen LogP contribution in [0, 0.1) is 11.6 Å². The molecule has 0 saturated heterocycles. The molecule has 0 saturated carbocycles. The summed E-state index contributed by atoms with van der Waals surface area (Å²) in [5.41, 5.74) is 3.11. The van der Waals surface area contributed by atoms with E-state index in [-0.39, 0.29) is 11.6 Å². The Bertz CT molecular complexity index is 1400. The van der Waals surface area contributed by atoms with Crippen LogP contribution in [0.4, 0.5) is 14.7 Å². The largest absolute Gasteiger partial charge is 0.480 e. The number of rotatable bonds is 2. The molecule has 1 aromatic heterocycles. The van der Waals surface area contributed by atoms with Crippen molar-refractivity contribution < 1.29 is 13.5 Å². The highest BCUT2D eigenvalue weighted by Crippen LogP contribution is 2.51. The number of anilines is 1. The molecule has 3 aromatic carbocycles. The van der Waals surface area contributed by atoms with E-state index in [1.54, 1.807) is 53.2 Å². The predicted molar refractivity (Wildman–Crippen MR) is 116 cm³/mol. The van der Waals surface area contributed by atoms with Gasteiger partial charge in [0.05, 0.1) is 5.70 Å². The van der Waals surface area contributed by atoms with Gasteiger partial charge in [0, 0.05) is 21.7 Å². The monoisotopic (exact) mass is 448 g/mol. The average Bonchev–Trinajstić information content (AvgIpc) is 3.26. The summed E-state index contributed by atoms with van der Waals surface area (Å²) in [6.45, 7) is 0. The maximum Gasteiger partial charge on any atom is 0.226 e. The Morgan fingerprint density at radius 2 is 1.88 bits per heavy atom. The summed E-state index contributed by atoms with van der Waals surface area (Å²) in [6, 6.07) is 17.3. The molecular formula is C24H15ClF2N4O. The fourth-order valence-corrected chi connectivity index (χ4v) is 4.55. The van der Waals surface area contributed by atoms with Crippen molar-refractivity contribution in [1.82, 2.24) is 14.8 Å². The zero-order valence-electron chi connectivity index (χ0n) is 16.5. The van der Waals surface area contributed by atoms with Gasteiger partial charge >= 0.3 is 0 Å². The lowest BCUT2D eigenvalue weighted by Crippen LogP contribution is -2.32. The van der Waals surface area contributed by atoms with Gasteiger partial charge in [0.15, 0.2) is 0 Å². The van der Waals surface area contributed by atoms with Crippen molar-refractivity contribution in [3.63, 3.8) is 0 Å². The van der Waals surface area contributed by atoms with Crippen molar-refractivity contribution in [2.75, 3.05) is 5.32 Å². The molecule has 0 aliphatic carbocycles. The summed E-state index contributed by atoms with van der Waals surface area (Å²) in [6.07, 6.45) is 0.717. The Balaban J connectivity index is 1.67. The lowest BCUT2D eigenvalue weighted by atomic mass is 9.84. The molecule has 4 aromatic rings. The highest BCUT2D eigenvalue weighted by Gasteiger charge is 2.41. The van der Waals surface area contributed by atoms with E-state index in [0.29, 0.717) is 39.1 Å². The van der Waals surface area contributed by atoms with E-state index in [9.17, 15) is 4.39 Å². The molecule has 0 spiro atoms. The van der Waals surface area contributed by atoms with Crippen molar-refractivity contribution in [2.24, 2.45) is 0 Å². The van der Waals surface area contributed by atoms with Gasteiger partial charge in [0.25, 0.3) is 0 Å². The third kappa shape index (κ3) is 2.89. The van der Waals surface area contributed by atoms with Crippen LogP contribution in [-0.2, 0) is 0 Å². The minimum Gasteiger partial charge on any atom is -0.480 e. The molecule has 2 atom stereocenters. The molecule has 0 bridgehead atoms. The van der Waals surface area contributed by atoms with Gasteiger partial charge in [-0.3, -0.25) is 0 Å². The highest BCUT2D eigenvalue weighted by molar-refractivity contribution is 6.30. The minimum absolute atomic E-state index is 0.386. The normalized spacial score (nSPS) is 18.8. The van der Waals surface area contributed by atoms with Gasteiger partial charge < -0.3 is 10.1 Å². The number of hydrogen-bond donors (Lipinski definition) is 1. The van der Waals surface area contributed by atoms with Crippen LogP contribution in [-0.4, -0.2) is 14.8 Å². The van der Waals surface area contributed by atoms with Crippen LogP contribution in [0.3, 0.4) is 0 Å². The SMILES string of the molecule is Fc1cccc([C@@H]2Oc3ccc(Cl)cc3C3=C2[C@@H](c2ccccc2F)n2ncnc2N3)c1. The molecule has 3 heterocycles. The molecule has 0 fully saturated rings. The number of benzene rings is 3. The summed E-state index contributed by atoms with van der Waals surface area (Å²) in [5, 5.41) is 8.19. The van der Waals surface area contributed by atoms with Gasteiger partial charge in [-0.25, -0.2) is 13.5 Å². The molecule has 2 aliphatic heterocycles. The lowest BCUT2D eigenvalue weighted by molar-refractivity contribution is 0.222. The Morgan fingerprint density at radius 3 is 2.72 bits per heavy atom. The second kappa shape index (κ2) is 7.17.